The molecule has 1 atom stereocenters. The number of fused-ring (bicyclic) bond motifs is 1. The van der Waals surface area contributed by atoms with E-state index in [4.69, 9.17) is 4.98 Å². The summed E-state index contributed by atoms with van der Waals surface area (Å²) in [4.78, 5) is 20.0. The van der Waals surface area contributed by atoms with Crippen LogP contribution in [0.3, 0.4) is 0 Å². The lowest BCUT2D eigenvalue weighted by Crippen LogP contribution is -2.33. The zero-order valence-electron chi connectivity index (χ0n) is 14.9. The van der Waals surface area contributed by atoms with E-state index < -0.39 is 0 Å². The molecule has 5 heteroatoms. The molecule has 0 N–H and O–H groups in total. The van der Waals surface area contributed by atoms with Gasteiger partial charge < -0.3 is 4.90 Å². The van der Waals surface area contributed by atoms with Gasteiger partial charge in [-0.2, -0.15) is 5.10 Å². The Hall–Kier alpha value is -2.69. The maximum atomic E-state index is 13.2. The van der Waals surface area contributed by atoms with Crippen LogP contribution in [0.4, 0.5) is 0 Å². The van der Waals surface area contributed by atoms with Gasteiger partial charge in [0.25, 0.3) is 5.91 Å². The molecule has 128 valence electrons. The number of likely N-dealkylation sites (tertiary alicyclic amines) is 1. The minimum Gasteiger partial charge on any atom is -0.336 e. The zero-order valence-corrected chi connectivity index (χ0v) is 14.9. The number of aryl methyl sites for hydroxylation is 2. The van der Waals surface area contributed by atoms with E-state index in [9.17, 15) is 4.79 Å². The van der Waals surface area contributed by atoms with Crippen LogP contribution in [-0.2, 0) is 7.05 Å². The highest BCUT2D eigenvalue weighted by molar-refractivity contribution is 6.07. The third kappa shape index (κ3) is 2.80. The Bertz CT molecular complexity index is 959. The molecule has 1 fully saturated rings. The van der Waals surface area contributed by atoms with E-state index in [0.29, 0.717) is 6.04 Å². The lowest BCUT2D eigenvalue weighted by Gasteiger charge is -2.22. The Morgan fingerprint density at radius 2 is 2.12 bits per heavy atom. The lowest BCUT2D eigenvalue weighted by atomic mass is 10.0. The number of pyridine rings is 1. The molecule has 1 aromatic carbocycles. The predicted octanol–water partition coefficient (Wildman–Crippen LogP) is 3.57. The number of hydrogen-bond donors (Lipinski definition) is 0. The summed E-state index contributed by atoms with van der Waals surface area (Å²) in [5.41, 5.74) is 4.45. The molecule has 3 aromatic rings. The zero-order chi connectivity index (χ0) is 17.6. The topological polar surface area (TPSA) is 51.0 Å². The Morgan fingerprint density at radius 3 is 2.80 bits per heavy atom. The summed E-state index contributed by atoms with van der Waals surface area (Å²) in [6, 6.07) is 8.31. The quantitative estimate of drug-likeness (QED) is 0.720. The van der Waals surface area contributed by atoms with Crippen LogP contribution < -0.4 is 0 Å². The van der Waals surface area contributed by atoms with Crippen molar-refractivity contribution >= 4 is 16.8 Å². The lowest BCUT2D eigenvalue weighted by molar-refractivity contribution is 0.0749. The average molecular weight is 334 g/mol. The van der Waals surface area contributed by atoms with Crippen LogP contribution in [0.2, 0.25) is 0 Å². The van der Waals surface area contributed by atoms with E-state index in [2.05, 4.69) is 12.0 Å². The number of amides is 1. The van der Waals surface area contributed by atoms with Crippen molar-refractivity contribution < 1.29 is 4.79 Å². The Balaban J connectivity index is 1.90. The molecule has 0 bridgehead atoms. The molecule has 0 saturated carbocycles. The van der Waals surface area contributed by atoms with Crippen molar-refractivity contribution in [2.75, 3.05) is 6.54 Å². The van der Waals surface area contributed by atoms with Gasteiger partial charge in [0.05, 0.1) is 23.0 Å². The highest BCUT2D eigenvalue weighted by Crippen LogP contribution is 2.28. The molecule has 2 aromatic heterocycles. The SMILES string of the molecule is Cc1ccc2c(C(=O)N3CCC[C@H]3C)cc(-c3cnn(C)c3)nc2c1. The van der Waals surface area contributed by atoms with Crippen molar-refractivity contribution in [2.24, 2.45) is 7.05 Å². The second-order valence-corrected chi connectivity index (χ2v) is 6.97. The van der Waals surface area contributed by atoms with E-state index in [1.54, 1.807) is 10.9 Å². The first-order valence-corrected chi connectivity index (χ1v) is 8.74. The van der Waals surface area contributed by atoms with Crippen molar-refractivity contribution in [3.63, 3.8) is 0 Å². The third-order valence-corrected chi connectivity index (χ3v) is 5.01. The number of hydrogen-bond acceptors (Lipinski definition) is 3. The molecule has 0 radical (unpaired) electrons. The van der Waals surface area contributed by atoms with E-state index in [-0.39, 0.29) is 5.91 Å². The number of carbonyl (C=O) groups is 1. The molecule has 4 rings (SSSR count). The second-order valence-electron chi connectivity index (χ2n) is 6.97. The number of nitrogens with zero attached hydrogens (tertiary/aromatic N) is 4. The summed E-state index contributed by atoms with van der Waals surface area (Å²) in [7, 11) is 1.88. The van der Waals surface area contributed by atoms with Gasteiger partial charge in [-0.05, 0) is 44.4 Å². The van der Waals surface area contributed by atoms with Crippen molar-refractivity contribution in [1.82, 2.24) is 19.7 Å². The van der Waals surface area contributed by atoms with Gasteiger partial charge >= 0.3 is 0 Å². The molecule has 1 aliphatic heterocycles. The fraction of sp³-hybridized carbons (Fsp3) is 0.350. The summed E-state index contributed by atoms with van der Waals surface area (Å²) in [5.74, 6) is 0.103. The fourth-order valence-electron chi connectivity index (χ4n) is 3.61. The molecule has 1 aliphatic rings. The van der Waals surface area contributed by atoms with Gasteiger partial charge in [0.15, 0.2) is 0 Å². The number of benzene rings is 1. The number of aromatic nitrogens is 3. The maximum absolute atomic E-state index is 13.2. The molecule has 1 saturated heterocycles. The van der Waals surface area contributed by atoms with Crippen LogP contribution in [0.1, 0.15) is 35.7 Å². The maximum Gasteiger partial charge on any atom is 0.254 e. The van der Waals surface area contributed by atoms with Gasteiger partial charge in [-0.15, -0.1) is 0 Å². The average Bonchev–Trinajstić information content (AvgIpc) is 3.21. The Labute approximate surface area is 147 Å². The summed E-state index contributed by atoms with van der Waals surface area (Å²) in [5, 5.41) is 5.15. The number of carbonyl (C=O) groups excluding carboxylic acids is 1. The first-order chi connectivity index (χ1) is 12.0. The normalized spacial score (nSPS) is 17.4. The van der Waals surface area contributed by atoms with E-state index >= 15 is 0 Å². The van der Waals surface area contributed by atoms with Gasteiger partial charge in [-0.25, -0.2) is 4.98 Å². The minimum atomic E-state index is 0.103. The Morgan fingerprint density at radius 1 is 1.28 bits per heavy atom. The van der Waals surface area contributed by atoms with Crippen LogP contribution in [0.15, 0.2) is 36.7 Å². The minimum absolute atomic E-state index is 0.103. The molecule has 3 heterocycles. The molecule has 0 unspecified atom stereocenters. The Kier molecular flexibility index (Phi) is 3.79. The molecule has 25 heavy (non-hydrogen) atoms. The van der Waals surface area contributed by atoms with Gasteiger partial charge in [0, 0.05) is 36.8 Å². The van der Waals surface area contributed by atoms with Crippen LogP contribution in [0.5, 0.6) is 0 Å². The van der Waals surface area contributed by atoms with E-state index in [1.807, 2.05) is 49.3 Å². The summed E-state index contributed by atoms with van der Waals surface area (Å²) in [6.07, 6.45) is 5.86. The largest absolute Gasteiger partial charge is 0.336 e. The summed E-state index contributed by atoms with van der Waals surface area (Å²) in [6.45, 7) is 5.00. The van der Waals surface area contributed by atoms with Crippen LogP contribution >= 0.6 is 0 Å². The smallest absolute Gasteiger partial charge is 0.254 e. The predicted molar refractivity (Wildman–Crippen MR) is 98.4 cm³/mol. The second kappa shape index (κ2) is 5.99. The van der Waals surface area contributed by atoms with Crippen LogP contribution in [-0.4, -0.2) is 38.2 Å². The first-order valence-electron chi connectivity index (χ1n) is 8.74. The van der Waals surface area contributed by atoms with Gasteiger partial charge in [-0.3, -0.25) is 9.48 Å². The van der Waals surface area contributed by atoms with Crippen molar-refractivity contribution in [1.29, 1.82) is 0 Å². The van der Waals surface area contributed by atoms with Crippen molar-refractivity contribution in [3.8, 4) is 11.3 Å². The van der Waals surface area contributed by atoms with Gasteiger partial charge in [0.1, 0.15) is 0 Å². The van der Waals surface area contributed by atoms with Gasteiger partial charge in [-0.1, -0.05) is 12.1 Å². The van der Waals surface area contributed by atoms with Crippen molar-refractivity contribution in [3.05, 3.63) is 47.8 Å². The monoisotopic (exact) mass is 334 g/mol. The van der Waals surface area contributed by atoms with E-state index in [1.165, 1.54) is 0 Å². The molecule has 1 amide bonds. The van der Waals surface area contributed by atoms with Crippen LogP contribution in [0, 0.1) is 6.92 Å². The first kappa shape index (κ1) is 15.8. The molecular weight excluding hydrogens is 312 g/mol. The molecule has 0 aliphatic carbocycles. The van der Waals surface area contributed by atoms with Crippen molar-refractivity contribution in [2.45, 2.75) is 32.7 Å². The highest BCUT2D eigenvalue weighted by atomic mass is 16.2. The third-order valence-electron chi connectivity index (χ3n) is 5.01. The van der Waals surface area contributed by atoms with Gasteiger partial charge in [0.2, 0.25) is 0 Å². The standard InChI is InChI=1S/C20H22N4O/c1-13-6-7-16-17(20(25)24-8-4-5-14(24)2)10-18(22-19(16)9-13)15-11-21-23(3)12-15/h6-7,9-12,14H,4-5,8H2,1-3H3/t14-/m1/s1. The molecule has 5 nitrogen and oxygen atoms in total. The fourth-order valence-corrected chi connectivity index (χ4v) is 3.61. The summed E-state index contributed by atoms with van der Waals surface area (Å²) >= 11 is 0. The molecular formula is C20H22N4O. The molecule has 0 spiro atoms. The van der Waals surface area contributed by atoms with Crippen LogP contribution in [0.25, 0.3) is 22.2 Å². The van der Waals surface area contributed by atoms with E-state index in [0.717, 1.165) is 52.7 Å². The summed E-state index contributed by atoms with van der Waals surface area (Å²) < 4.78 is 1.75. The number of rotatable bonds is 2. The highest BCUT2D eigenvalue weighted by Gasteiger charge is 2.27.